The highest BCUT2D eigenvalue weighted by Crippen LogP contribution is 2.30. The highest BCUT2D eigenvalue weighted by Gasteiger charge is 2.36. The molecule has 2 nitrogen and oxygen atoms in total. The lowest BCUT2D eigenvalue weighted by Crippen LogP contribution is -2.55. The first-order valence-electron chi connectivity index (χ1n) is 7.30. The van der Waals surface area contributed by atoms with Crippen LogP contribution < -0.4 is 0 Å². The molecular formula is C16H24N2. The van der Waals surface area contributed by atoms with Gasteiger partial charge in [-0.25, -0.2) is 0 Å². The first kappa shape index (κ1) is 12.2. The smallest absolute Gasteiger partial charge is 0.0323 e. The molecule has 2 aliphatic heterocycles. The van der Waals surface area contributed by atoms with E-state index < -0.39 is 0 Å². The van der Waals surface area contributed by atoms with Gasteiger partial charge in [0.25, 0.3) is 0 Å². The lowest BCUT2D eigenvalue weighted by molar-refractivity contribution is 0.0326. The fourth-order valence-electron chi connectivity index (χ4n) is 3.67. The van der Waals surface area contributed by atoms with Gasteiger partial charge in [-0.05, 0) is 38.8 Å². The molecule has 2 heterocycles. The zero-order chi connectivity index (χ0) is 12.5. The van der Waals surface area contributed by atoms with Crippen molar-refractivity contribution in [2.45, 2.75) is 44.8 Å². The van der Waals surface area contributed by atoms with Crippen molar-refractivity contribution in [3.8, 4) is 0 Å². The van der Waals surface area contributed by atoms with E-state index in [1.54, 1.807) is 0 Å². The SMILES string of the molecule is CC1CN2CCCC2CN1C(C)c1ccccc1. The summed E-state index contributed by atoms with van der Waals surface area (Å²) in [4.78, 5) is 5.39. The lowest BCUT2D eigenvalue weighted by atomic mass is 10.0. The van der Waals surface area contributed by atoms with Crippen molar-refractivity contribution >= 4 is 0 Å². The third kappa shape index (κ3) is 2.19. The Hall–Kier alpha value is -0.860. The quantitative estimate of drug-likeness (QED) is 0.789. The van der Waals surface area contributed by atoms with Gasteiger partial charge in [-0.1, -0.05) is 30.3 Å². The van der Waals surface area contributed by atoms with Crippen molar-refractivity contribution in [2.24, 2.45) is 0 Å². The second kappa shape index (κ2) is 5.02. The number of benzene rings is 1. The molecular weight excluding hydrogens is 220 g/mol. The van der Waals surface area contributed by atoms with E-state index in [9.17, 15) is 0 Å². The minimum Gasteiger partial charge on any atom is -0.298 e. The normalized spacial score (nSPS) is 31.2. The van der Waals surface area contributed by atoms with Crippen LogP contribution in [0.15, 0.2) is 30.3 Å². The van der Waals surface area contributed by atoms with Crippen molar-refractivity contribution in [1.82, 2.24) is 9.80 Å². The molecule has 1 aromatic rings. The second-order valence-corrected chi connectivity index (χ2v) is 5.92. The largest absolute Gasteiger partial charge is 0.298 e. The molecule has 2 heteroatoms. The molecule has 0 N–H and O–H groups in total. The molecule has 18 heavy (non-hydrogen) atoms. The Bertz CT molecular complexity index is 389. The third-order valence-corrected chi connectivity index (χ3v) is 4.76. The van der Waals surface area contributed by atoms with Crippen LogP contribution in [0.25, 0.3) is 0 Å². The monoisotopic (exact) mass is 244 g/mol. The van der Waals surface area contributed by atoms with Crippen LogP contribution >= 0.6 is 0 Å². The number of fused-ring (bicyclic) bond motifs is 1. The summed E-state index contributed by atoms with van der Waals surface area (Å²) in [5.74, 6) is 0. The molecule has 3 rings (SSSR count). The van der Waals surface area contributed by atoms with Crippen molar-refractivity contribution in [3.63, 3.8) is 0 Å². The van der Waals surface area contributed by atoms with E-state index in [4.69, 9.17) is 0 Å². The molecule has 2 aliphatic rings. The Morgan fingerprint density at radius 2 is 1.94 bits per heavy atom. The minimum absolute atomic E-state index is 0.545. The van der Waals surface area contributed by atoms with E-state index >= 15 is 0 Å². The molecule has 0 bridgehead atoms. The minimum atomic E-state index is 0.545. The molecule has 0 aliphatic carbocycles. The van der Waals surface area contributed by atoms with Gasteiger partial charge in [-0.15, -0.1) is 0 Å². The third-order valence-electron chi connectivity index (χ3n) is 4.76. The van der Waals surface area contributed by atoms with Gasteiger partial charge in [0.2, 0.25) is 0 Å². The maximum atomic E-state index is 2.70. The maximum absolute atomic E-state index is 2.70. The molecule has 2 saturated heterocycles. The first-order valence-corrected chi connectivity index (χ1v) is 7.30. The Kier molecular flexibility index (Phi) is 3.40. The van der Waals surface area contributed by atoms with Crippen LogP contribution in [0.4, 0.5) is 0 Å². The second-order valence-electron chi connectivity index (χ2n) is 5.92. The highest BCUT2D eigenvalue weighted by molar-refractivity contribution is 5.19. The fraction of sp³-hybridized carbons (Fsp3) is 0.625. The van der Waals surface area contributed by atoms with E-state index in [-0.39, 0.29) is 0 Å². The van der Waals surface area contributed by atoms with Crippen molar-refractivity contribution in [2.75, 3.05) is 19.6 Å². The van der Waals surface area contributed by atoms with Crippen LogP contribution in [0.3, 0.4) is 0 Å². The van der Waals surface area contributed by atoms with Crippen LogP contribution in [0.1, 0.15) is 38.3 Å². The highest BCUT2D eigenvalue weighted by atomic mass is 15.3. The number of rotatable bonds is 2. The van der Waals surface area contributed by atoms with Gasteiger partial charge in [-0.3, -0.25) is 9.80 Å². The summed E-state index contributed by atoms with van der Waals surface area (Å²) < 4.78 is 0. The average molecular weight is 244 g/mol. The Morgan fingerprint density at radius 1 is 1.17 bits per heavy atom. The molecule has 2 fully saturated rings. The predicted molar refractivity (Wildman–Crippen MR) is 75.6 cm³/mol. The topological polar surface area (TPSA) is 6.48 Å². The van der Waals surface area contributed by atoms with Gasteiger partial charge in [0.05, 0.1) is 0 Å². The summed E-state index contributed by atoms with van der Waals surface area (Å²) in [7, 11) is 0. The molecule has 3 unspecified atom stereocenters. The Morgan fingerprint density at radius 3 is 2.72 bits per heavy atom. The first-order chi connectivity index (χ1) is 8.75. The summed E-state index contributed by atoms with van der Waals surface area (Å²) in [6.07, 6.45) is 2.79. The van der Waals surface area contributed by atoms with Crippen LogP contribution in [0.2, 0.25) is 0 Å². The van der Waals surface area contributed by atoms with Gasteiger partial charge >= 0.3 is 0 Å². The molecule has 0 saturated carbocycles. The predicted octanol–water partition coefficient (Wildman–Crippen LogP) is 2.92. The van der Waals surface area contributed by atoms with Crippen LogP contribution in [0, 0.1) is 0 Å². The number of piperazine rings is 1. The van der Waals surface area contributed by atoms with Crippen LogP contribution in [0.5, 0.6) is 0 Å². The molecule has 0 spiro atoms. The zero-order valence-electron chi connectivity index (χ0n) is 11.5. The number of nitrogens with zero attached hydrogens (tertiary/aromatic N) is 2. The van der Waals surface area contributed by atoms with Crippen molar-refractivity contribution < 1.29 is 0 Å². The van der Waals surface area contributed by atoms with E-state index in [2.05, 4.69) is 54.0 Å². The van der Waals surface area contributed by atoms with E-state index in [0.29, 0.717) is 12.1 Å². The molecule has 0 radical (unpaired) electrons. The van der Waals surface area contributed by atoms with Gasteiger partial charge in [0, 0.05) is 31.2 Å². The van der Waals surface area contributed by atoms with Crippen LogP contribution in [-0.4, -0.2) is 41.5 Å². The van der Waals surface area contributed by atoms with Gasteiger partial charge < -0.3 is 0 Å². The number of hydrogen-bond donors (Lipinski definition) is 0. The summed E-state index contributed by atoms with van der Waals surface area (Å²) in [6, 6.07) is 13.0. The summed E-state index contributed by atoms with van der Waals surface area (Å²) in [6.45, 7) is 8.56. The van der Waals surface area contributed by atoms with Gasteiger partial charge in [0.1, 0.15) is 0 Å². The summed E-state index contributed by atoms with van der Waals surface area (Å²) in [5, 5.41) is 0. The fourth-order valence-corrected chi connectivity index (χ4v) is 3.67. The van der Waals surface area contributed by atoms with Gasteiger partial charge in [-0.2, -0.15) is 0 Å². The molecule has 0 amide bonds. The van der Waals surface area contributed by atoms with E-state index in [0.717, 1.165) is 6.04 Å². The molecule has 3 atom stereocenters. The van der Waals surface area contributed by atoms with Crippen molar-refractivity contribution in [1.29, 1.82) is 0 Å². The van der Waals surface area contributed by atoms with Crippen LogP contribution in [-0.2, 0) is 0 Å². The summed E-state index contributed by atoms with van der Waals surface area (Å²) in [5.41, 5.74) is 1.45. The lowest BCUT2D eigenvalue weighted by Gasteiger charge is -2.45. The Labute approximate surface area is 111 Å². The standard InChI is InChI=1S/C16H24N2/c1-13-11-17-10-6-9-16(17)12-18(13)14(2)15-7-4-3-5-8-15/h3-5,7-8,13-14,16H,6,9-12H2,1-2H3. The van der Waals surface area contributed by atoms with Crippen molar-refractivity contribution in [3.05, 3.63) is 35.9 Å². The summed E-state index contributed by atoms with van der Waals surface area (Å²) >= 11 is 0. The number of hydrogen-bond acceptors (Lipinski definition) is 2. The van der Waals surface area contributed by atoms with E-state index in [1.807, 2.05) is 0 Å². The molecule has 1 aromatic carbocycles. The molecule has 98 valence electrons. The van der Waals surface area contributed by atoms with Gasteiger partial charge in [0.15, 0.2) is 0 Å². The average Bonchev–Trinajstić information content (AvgIpc) is 2.85. The zero-order valence-corrected chi connectivity index (χ0v) is 11.5. The molecule has 0 aromatic heterocycles. The van der Waals surface area contributed by atoms with E-state index in [1.165, 1.54) is 38.0 Å². The maximum Gasteiger partial charge on any atom is 0.0323 e. The Balaban J connectivity index is 1.75.